The van der Waals surface area contributed by atoms with Crippen LogP contribution < -0.4 is 0 Å². The monoisotopic (exact) mass is 287 g/mol. The van der Waals surface area contributed by atoms with E-state index in [9.17, 15) is 5.11 Å². The topological polar surface area (TPSA) is 41.9 Å². The summed E-state index contributed by atoms with van der Waals surface area (Å²) in [7, 11) is 3.49. The van der Waals surface area contributed by atoms with E-state index in [4.69, 9.17) is 9.47 Å². The summed E-state index contributed by atoms with van der Waals surface area (Å²) in [6.07, 6.45) is 4.80. The molecule has 0 spiro atoms. The van der Waals surface area contributed by atoms with Gasteiger partial charge in [0.2, 0.25) is 0 Å². The van der Waals surface area contributed by atoms with Gasteiger partial charge >= 0.3 is 0 Å². The number of aliphatic hydroxyl groups is 1. The fraction of sp³-hybridized carbons (Fsp3) is 1.00. The Morgan fingerprint density at radius 2 is 2.10 bits per heavy atom. The van der Waals surface area contributed by atoms with E-state index in [-0.39, 0.29) is 5.41 Å². The summed E-state index contributed by atoms with van der Waals surface area (Å²) in [6, 6.07) is 0.357. The summed E-state index contributed by atoms with van der Waals surface area (Å²) in [5.41, 5.74) is 0.0629. The van der Waals surface area contributed by atoms with E-state index in [1.165, 1.54) is 12.8 Å². The minimum atomic E-state index is 0.0629. The van der Waals surface area contributed by atoms with Crippen molar-refractivity contribution in [2.75, 3.05) is 47.1 Å². The molecule has 0 saturated heterocycles. The minimum absolute atomic E-state index is 0.0629. The quantitative estimate of drug-likeness (QED) is 0.705. The highest BCUT2D eigenvalue weighted by Crippen LogP contribution is 2.39. The molecular formula is C16H33NO3. The van der Waals surface area contributed by atoms with Crippen LogP contribution >= 0.6 is 0 Å². The summed E-state index contributed by atoms with van der Waals surface area (Å²) in [5.74, 6) is 0.720. The highest BCUT2D eigenvalue weighted by molar-refractivity contribution is 4.88. The SMILES string of the molecule is COCCN(CC1(CO)CCCC(C)C1)C(C)COC. The molecule has 0 aromatic carbocycles. The lowest BCUT2D eigenvalue weighted by molar-refractivity contribution is -0.00792. The molecule has 4 heteroatoms. The molecule has 3 unspecified atom stereocenters. The second-order valence-electron chi connectivity index (χ2n) is 6.63. The van der Waals surface area contributed by atoms with Gasteiger partial charge in [0.15, 0.2) is 0 Å². The van der Waals surface area contributed by atoms with Gasteiger partial charge in [0, 0.05) is 45.4 Å². The second kappa shape index (κ2) is 8.98. The Morgan fingerprint density at radius 3 is 2.65 bits per heavy atom. The van der Waals surface area contributed by atoms with Crippen molar-refractivity contribution in [1.82, 2.24) is 4.90 Å². The van der Waals surface area contributed by atoms with Crippen molar-refractivity contribution >= 4 is 0 Å². The maximum absolute atomic E-state index is 9.96. The number of hydrogen-bond donors (Lipinski definition) is 1. The number of ether oxygens (including phenoxy) is 2. The molecule has 0 aliphatic heterocycles. The summed E-state index contributed by atoms with van der Waals surface area (Å²) in [5, 5.41) is 9.96. The normalized spacial score (nSPS) is 28.8. The fourth-order valence-electron chi connectivity index (χ4n) is 3.55. The van der Waals surface area contributed by atoms with Crippen LogP contribution in [0.2, 0.25) is 0 Å². The van der Waals surface area contributed by atoms with E-state index in [0.717, 1.165) is 45.1 Å². The number of methoxy groups -OCH3 is 2. The number of hydrogen-bond acceptors (Lipinski definition) is 4. The van der Waals surface area contributed by atoms with Crippen molar-refractivity contribution < 1.29 is 14.6 Å². The average molecular weight is 287 g/mol. The van der Waals surface area contributed by atoms with Gasteiger partial charge in [-0.25, -0.2) is 0 Å². The van der Waals surface area contributed by atoms with Gasteiger partial charge in [-0.1, -0.05) is 19.8 Å². The van der Waals surface area contributed by atoms with Gasteiger partial charge in [-0.15, -0.1) is 0 Å². The number of nitrogens with zero attached hydrogens (tertiary/aromatic N) is 1. The standard InChI is InChI=1S/C16H33NO3/c1-14-6-5-7-16(10-14,13-18)12-17(8-9-19-3)15(2)11-20-4/h14-15,18H,5-13H2,1-4H3. The smallest absolute Gasteiger partial charge is 0.0615 e. The van der Waals surface area contributed by atoms with Gasteiger partial charge < -0.3 is 14.6 Å². The Bertz CT molecular complexity index is 262. The van der Waals surface area contributed by atoms with Gasteiger partial charge in [-0.3, -0.25) is 4.90 Å². The Morgan fingerprint density at radius 1 is 1.35 bits per heavy atom. The Hall–Kier alpha value is -0.160. The van der Waals surface area contributed by atoms with E-state index in [0.29, 0.717) is 12.6 Å². The van der Waals surface area contributed by atoms with Crippen LogP contribution in [0.15, 0.2) is 0 Å². The van der Waals surface area contributed by atoms with Crippen LogP contribution in [0.3, 0.4) is 0 Å². The fourth-order valence-corrected chi connectivity index (χ4v) is 3.55. The lowest BCUT2D eigenvalue weighted by Crippen LogP contribution is -2.48. The molecule has 1 aliphatic rings. The maximum Gasteiger partial charge on any atom is 0.0615 e. The number of aliphatic hydroxyl groups excluding tert-OH is 1. The Labute approximate surface area is 124 Å². The van der Waals surface area contributed by atoms with Crippen LogP contribution in [0, 0.1) is 11.3 Å². The first kappa shape index (κ1) is 17.9. The van der Waals surface area contributed by atoms with Crippen molar-refractivity contribution in [1.29, 1.82) is 0 Å². The van der Waals surface area contributed by atoms with Crippen LogP contribution in [0.25, 0.3) is 0 Å². The van der Waals surface area contributed by atoms with Crippen LogP contribution in [-0.2, 0) is 9.47 Å². The Kier molecular flexibility index (Phi) is 8.03. The molecule has 3 atom stereocenters. The van der Waals surface area contributed by atoms with Crippen molar-refractivity contribution in [3.63, 3.8) is 0 Å². The molecule has 1 aliphatic carbocycles. The first-order valence-corrected chi connectivity index (χ1v) is 7.89. The molecule has 1 rings (SSSR count). The van der Waals surface area contributed by atoms with Crippen molar-refractivity contribution in [3.8, 4) is 0 Å². The molecule has 20 heavy (non-hydrogen) atoms. The largest absolute Gasteiger partial charge is 0.396 e. The summed E-state index contributed by atoms with van der Waals surface area (Å²) in [4.78, 5) is 2.42. The third-order valence-electron chi connectivity index (χ3n) is 4.67. The molecule has 0 radical (unpaired) electrons. The Balaban J connectivity index is 2.68. The van der Waals surface area contributed by atoms with Crippen LogP contribution in [0.4, 0.5) is 0 Å². The molecule has 0 heterocycles. The summed E-state index contributed by atoms with van der Waals surface area (Å²) < 4.78 is 10.5. The first-order valence-electron chi connectivity index (χ1n) is 7.89. The van der Waals surface area contributed by atoms with Crippen LogP contribution in [0.5, 0.6) is 0 Å². The van der Waals surface area contributed by atoms with Gasteiger partial charge in [-0.2, -0.15) is 0 Å². The van der Waals surface area contributed by atoms with Gasteiger partial charge in [0.1, 0.15) is 0 Å². The molecule has 0 aromatic rings. The van der Waals surface area contributed by atoms with Crippen molar-refractivity contribution in [2.45, 2.75) is 45.6 Å². The lowest BCUT2D eigenvalue weighted by Gasteiger charge is -2.43. The van der Waals surface area contributed by atoms with Gasteiger partial charge in [0.25, 0.3) is 0 Å². The van der Waals surface area contributed by atoms with E-state index in [1.54, 1.807) is 14.2 Å². The maximum atomic E-state index is 9.96. The molecule has 0 amide bonds. The zero-order valence-electron chi connectivity index (χ0n) is 13.7. The summed E-state index contributed by atoms with van der Waals surface area (Å²) >= 11 is 0. The predicted molar refractivity (Wildman–Crippen MR) is 81.9 cm³/mol. The van der Waals surface area contributed by atoms with E-state index >= 15 is 0 Å². The molecule has 120 valence electrons. The lowest BCUT2D eigenvalue weighted by atomic mass is 9.70. The average Bonchev–Trinajstić information content (AvgIpc) is 2.43. The zero-order valence-corrected chi connectivity index (χ0v) is 13.7. The second-order valence-corrected chi connectivity index (χ2v) is 6.63. The molecule has 1 fully saturated rings. The van der Waals surface area contributed by atoms with Crippen molar-refractivity contribution in [2.24, 2.45) is 11.3 Å². The van der Waals surface area contributed by atoms with Crippen LogP contribution in [-0.4, -0.2) is 63.2 Å². The van der Waals surface area contributed by atoms with Gasteiger partial charge in [-0.05, 0) is 25.7 Å². The van der Waals surface area contributed by atoms with Crippen molar-refractivity contribution in [3.05, 3.63) is 0 Å². The van der Waals surface area contributed by atoms with Gasteiger partial charge in [0.05, 0.1) is 13.2 Å². The molecule has 4 nitrogen and oxygen atoms in total. The third-order valence-corrected chi connectivity index (χ3v) is 4.67. The third kappa shape index (κ3) is 5.32. The summed E-state index contributed by atoms with van der Waals surface area (Å²) in [6.45, 7) is 8.09. The van der Waals surface area contributed by atoms with Crippen LogP contribution in [0.1, 0.15) is 39.5 Å². The molecule has 0 aromatic heterocycles. The molecule has 0 bridgehead atoms. The molecule has 1 saturated carbocycles. The van der Waals surface area contributed by atoms with E-state index in [2.05, 4.69) is 18.7 Å². The number of rotatable bonds is 9. The highest BCUT2D eigenvalue weighted by atomic mass is 16.5. The first-order chi connectivity index (χ1) is 9.56. The molecular weight excluding hydrogens is 254 g/mol. The highest BCUT2D eigenvalue weighted by Gasteiger charge is 2.36. The minimum Gasteiger partial charge on any atom is -0.396 e. The predicted octanol–water partition coefficient (Wildman–Crippen LogP) is 2.16. The molecule has 1 N–H and O–H groups in total. The van der Waals surface area contributed by atoms with E-state index < -0.39 is 0 Å². The zero-order chi connectivity index (χ0) is 15.0. The van der Waals surface area contributed by atoms with E-state index in [1.807, 2.05) is 0 Å².